The Kier molecular flexibility index (Phi) is 2.99. The quantitative estimate of drug-likeness (QED) is 0.873. The van der Waals surface area contributed by atoms with Gasteiger partial charge in [0.25, 0.3) is 0 Å². The predicted octanol–water partition coefficient (Wildman–Crippen LogP) is 3.90. The minimum absolute atomic E-state index is 0.0766. The minimum atomic E-state index is 0.0766. The van der Waals surface area contributed by atoms with E-state index in [-0.39, 0.29) is 11.8 Å². The number of halogens is 1. The molecule has 1 atom stereocenters. The van der Waals surface area contributed by atoms with E-state index in [0.717, 1.165) is 27.6 Å². The lowest BCUT2D eigenvalue weighted by atomic mass is 10.1. The summed E-state index contributed by atoms with van der Waals surface area (Å²) in [5, 5.41) is 13.6. The first-order valence-electron chi connectivity index (χ1n) is 6.12. The zero-order valence-electron chi connectivity index (χ0n) is 10.5. The third kappa shape index (κ3) is 2.22. The molecule has 4 heteroatoms. The fraction of sp³-hybridized carbons (Fsp3) is 0.200. The Bertz CT molecular complexity index is 628. The van der Waals surface area contributed by atoms with Crippen LogP contribution in [0.2, 0.25) is 5.02 Å². The van der Waals surface area contributed by atoms with E-state index >= 15 is 0 Å². The van der Waals surface area contributed by atoms with Crippen molar-refractivity contribution in [2.24, 2.45) is 0 Å². The zero-order valence-corrected chi connectivity index (χ0v) is 11.2. The van der Waals surface area contributed by atoms with Gasteiger partial charge in [0.15, 0.2) is 0 Å². The number of phenols is 1. The monoisotopic (exact) mass is 275 g/mol. The molecule has 0 spiro atoms. The summed E-state index contributed by atoms with van der Waals surface area (Å²) in [5.41, 5.74) is 3.08. The van der Waals surface area contributed by atoms with E-state index < -0.39 is 0 Å². The molecule has 0 fully saturated rings. The second kappa shape index (κ2) is 4.67. The summed E-state index contributed by atoms with van der Waals surface area (Å²) >= 11 is 6.12. The molecule has 3 rings (SSSR count). The van der Waals surface area contributed by atoms with Crippen molar-refractivity contribution in [2.75, 3.05) is 11.9 Å². The lowest BCUT2D eigenvalue weighted by Gasteiger charge is -2.16. The number of rotatable bonds is 2. The highest BCUT2D eigenvalue weighted by Gasteiger charge is 2.24. The highest BCUT2D eigenvalue weighted by atomic mass is 35.5. The number of aromatic hydroxyl groups is 1. The molecular formula is C15H14ClNO2. The van der Waals surface area contributed by atoms with Crippen LogP contribution in [0.4, 0.5) is 5.69 Å². The number of hydrogen-bond donors (Lipinski definition) is 2. The molecule has 2 aromatic rings. The Morgan fingerprint density at radius 2 is 2.16 bits per heavy atom. The van der Waals surface area contributed by atoms with Crippen LogP contribution < -0.4 is 10.1 Å². The third-order valence-electron chi connectivity index (χ3n) is 3.38. The molecule has 0 bridgehead atoms. The van der Waals surface area contributed by atoms with Gasteiger partial charge in [0.05, 0.1) is 6.04 Å². The van der Waals surface area contributed by atoms with E-state index in [1.165, 1.54) is 0 Å². The van der Waals surface area contributed by atoms with Gasteiger partial charge in [-0.2, -0.15) is 0 Å². The molecule has 0 radical (unpaired) electrons. The van der Waals surface area contributed by atoms with E-state index in [2.05, 4.69) is 5.32 Å². The second-order valence-electron chi connectivity index (χ2n) is 4.64. The van der Waals surface area contributed by atoms with E-state index in [1.54, 1.807) is 12.1 Å². The predicted molar refractivity (Wildman–Crippen MR) is 76.2 cm³/mol. The largest absolute Gasteiger partial charge is 0.508 e. The van der Waals surface area contributed by atoms with Crippen molar-refractivity contribution >= 4 is 17.3 Å². The van der Waals surface area contributed by atoms with Gasteiger partial charge in [-0.25, -0.2) is 0 Å². The summed E-state index contributed by atoms with van der Waals surface area (Å²) in [5.74, 6) is 0.954. The highest BCUT2D eigenvalue weighted by molar-refractivity contribution is 6.31. The molecule has 3 nitrogen and oxygen atoms in total. The Hall–Kier alpha value is -1.87. The van der Waals surface area contributed by atoms with Crippen molar-refractivity contribution in [3.05, 3.63) is 52.5 Å². The Morgan fingerprint density at radius 3 is 3.00 bits per heavy atom. The molecule has 1 aliphatic heterocycles. The van der Waals surface area contributed by atoms with Crippen LogP contribution in [0.25, 0.3) is 0 Å². The topological polar surface area (TPSA) is 41.5 Å². The van der Waals surface area contributed by atoms with Crippen LogP contribution >= 0.6 is 11.6 Å². The van der Waals surface area contributed by atoms with Gasteiger partial charge in [0.1, 0.15) is 18.1 Å². The molecule has 0 aliphatic carbocycles. The average Bonchev–Trinajstić information content (AvgIpc) is 2.77. The first-order chi connectivity index (χ1) is 9.15. The van der Waals surface area contributed by atoms with Crippen molar-refractivity contribution < 1.29 is 9.84 Å². The number of phenolic OH excluding ortho intramolecular Hbond substituents is 1. The number of anilines is 1. The standard InChI is InChI=1S/C15H14ClNO2/c1-9-12(16)3-2-4-13(9)17-14-8-19-15-7-10(18)5-6-11(14)15/h2-7,14,17-18H,8H2,1H3. The summed E-state index contributed by atoms with van der Waals surface area (Å²) in [6.45, 7) is 2.53. The Labute approximate surface area is 116 Å². The van der Waals surface area contributed by atoms with Gasteiger partial charge in [0.2, 0.25) is 0 Å². The third-order valence-corrected chi connectivity index (χ3v) is 3.78. The number of ether oxygens (including phenoxy) is 1. The maximum atomic E-state index is 9.44. The molecule has 1 unspecified atom stereocenters. The maximum absolute atomic E-state index is 9.44. The smallest absolute Gasteiger partial charge is 0.128 e. The van der Waals surface area contributed by atoms with Gasteiger partial charge >= 0.3 is 0 Å². The van der Waals surface area contributed by atoms with Gasteiger partial charge in [0, 0.05) is 22.3 Å². The van der Waals surface area contributed by atoms with Crippen LogP contribution in [0.3, 0.4) is 0 Å². The van der Waals surface area contributed by atoms with Crippen LogP contribution in [0.15, 0.2) is 36.4 Å². The number of nitrogens with one attached hydrogen (secondary N) is 1. The van der Waals surface area contributed by atoms with Crippen molar-refractivity contribution in [2.45, 2.75) is 13.0 Å². The van der Waals surface area contributed by atoms with E-state index in [1.807, 2.05) is 31.2 Å². The van der Waals surface area contributed by atoms with Crippen LogP contribution in [-0.2, 0) is 0 Å². The summed E-state index contributed by atoms with van der Waals surface area (Å²) in [6, 6.07) is 11.1. The van der Waals surface area contributed by atoms with Crippen molar-refractivity contribution in [1.29, 1.82) is 0 Å². The normalized spacial score (nSPS) is 16.8. The van der Waals surface area contributed by atoms with E-state index in [9.17, 15) is 5.11 Å². The molecular weight excluding hydrogens is 262 g/mol. The molecule has 0 saturated heterocycles. The molecule has 2 N–H and O–H groups in total. The SMILES string of the molecule is Cc1c(Cl)cccc1NC1COc2cc(O)ccc21. The van der Waals surface area contributed by atoms with Crippen molar-refractivity contribution in [1.82, 2.24) is 0 Å². The van der Waals surface area contributed by atoms with Gasteiger partial charge in [-0.15, -0.1) is 0 Å². The van der Waals surface area contributed by atoms with Gasteiger partial charge in [-0.1, -0.05) is 17.7 Å². The zero-order chi connectivity index (χ0) is 13.4. The minimum Gasteiger partial charge on any atom is -0.508 e. The Morgan fingerprint density at radius 1 is 1.32 bits per heavy atom. The molecule has 2 aromatic carbocycles. The second-order valence-corrected chi connectivity index (χ2v) is 5.05. The van der Waals surface area contributed by atoms with E-state index in [4.69, 9.17) is 16.3 Å². The molecule has 0 amide bonds. The lowest BCUT2D eigenvalue weighted by molar-refractivity contribution is 0.338. The Balaban J connectivity index is 1.89. The molecule has 1 heterocycles. The molecule has 0 saturated carbocycles. The molecule has 0 aromatic heterocycles. The van der Waals surface area contributed by atoms with Gasteiger partial charge in [-0.3, -0.25) is 0 Å². The summed E-state index contributed by atoms with van der Waals surface area (Å²) in [6.07, 6.45) is 0. The lowest BCUT2D eigenvalue weighted by Crippen LogP contribution is -2.12. The highest BCUT2D eigenvalue weighted by Crippen LogP contribution is 2.37. The fourth-order valence-electron chi connectivity index (χ4n) is 2.27. The molecule has 19 heavy (non-hydrogen) atoms. The maximum Gasteiger partial charge on any atom is 0.128 e. The van der Waals surface area contributed by atoms with E-state index in [0.29, 0.717) is 6.61 Å². The van der Waals surface area contributed by atoms with Crippen molar-refractivity contribution in [3.63, 3.8) is 0 Å². The number of hydrogen-bond acceptors (Lipinski definition) is 3. The van der Waals surface area contributed by atoms with Crippen molar-refractivity contribution in [3.8, 4) is 11.5 Å². The summed E-state index contributed by atoms with van der Waals surface area (Å²) in [7, 11) is 0. The first-order valence-corrected chi connectivity index (χ1v) is 6.50. The first kappa shape index (κ1) is 12.2. The van der Waals surface area contributed by atoms with Gasteiger partial charge < -0.3 is 15.2 Å². The number of fused-ring (bicyclic) bond motifs is 1. The fourth-order valence-corrected chi connectivity index (χ4v) is 2.44. The number of benzene rings is 2. The van der Waals surface area contributed by atoms with Crippen LogP contribution in [-0.4, -0.2) is 11.7 Å². The molecule has 1 aliphatic rings. The summed E-state index contributed by atoms with van der Waals surface area (Å²) in [4.78, 5) is 0. The average molecular weight is 276 g/mol. The van der Waals surface area contributed by atoms with Gasteiger partial charge in [-0.05, 0) is 36.8 Å². The molecule has 98 valence electrons. The van der Waals surface area contributed by atoms with Crippen LogP contribution in [0.1, 0.15) is 17.2 Å². The van der Waals surface area contributed by atoms with Crippen LogP contribution in [0.5, 0.6) is 11.5 Å². The summed E-state index contributed by atoms with van der Waals surface area (Å²) < 4.78 is 5.58. The van der Waals surface area contributed by atoms with Crippen LogP contribution in [0, 0.1) is 6.92 Å².